The Bertz CT molecular complexity index is 1350. The quantitative estimate of drug-likeness (QED) is 0.364. The Labute approximate surface area is 196 Å². The SMILES string of the molecule is C=N/C(OC)=C(F)\C(=C/C)c1ccc2c(c1NC(=O)N=S(N)(=O)c1cnn3c1OCCC3)CC2. The van der Waals surface area contributed by atoms with Crippen molar-refractivity contribution in [2.24, 2.45) is 14.5 Å². The number of allylic oxidation sites excluding steroid dienone is 3. The lowest BCUT2D eigenvalue weighted by Gasteiger charge is -2.25. The zero-order valence-corrected chi connectivity index (χ0v) is 19.7. The molecular weight excluding hydrogens is 463 g/mol. The van der Waals surface area contributed by atoms with Gasteiger partial charge in [0.05, 0.1) is 25.6 Å². The lowest BCUT2D eigenvalue weighted by molar-refractivity contribution is 0.224. The predicted molar refractivity (Wildman–Crippen MR) is 127 cm³/mol. The molecule has 0 saturated carbocycles. The van der Waals surface area contributed by atoms with Gasteiger partial charge in [-0.05, 0) is 37.6 Å². The van der Waals surface area contributed by atoms with Gasteiger partial charge in [0.15, 0.2) is 15.7 Å². The van der Waals surface area contributed by atoms with Crippen molar-refractivity contribution in [3.8, 4) is 5.88 Å². The Balaban J connectivity index is 1.72. The van der Waals surface area contributed by atoms with Crippen molar-refractivity contribution in [3.63, 3.8) is 0 Å². The number of nitrogens with zero attached hydrogens (tertiary/aromatic N) is 4. The Morgan fingerprint density at radius 3 is 2.88 bits per heavy atom. The lowest BCUT2D eigenvalue weighted by Crippen LogP contribution is -2.22. The number of carbonyl (C=O) groups excluding carboxylic acids is 1. The van der Waals surface area contributed by atoms with Gasteiger partial charge in [-0.3, -0.25) is 0 Å². The molecule has 0 spiro atoms. The summed E-state index contributed by atoms with van der Waals surface area (Å²) in [5, 5.41) is 12.7. The minimum Gasteiger partial charge on any atom is -0.479 e. The van der Waals surface area contributed by atoms with Crippen LogP contribution in [0.2, 0.25) is 0 Å². The Hall–Kier alpha value is -3.51. The van der Waals surface area contributed by atoms with Crippen LogP contribution in [-0.2, 0) is 34.0 Å². The highest BCUT2D eigenvalue weighted by atomic mass is 32.2. The van der Waals surface area contributed by atoms with Gasteiger partial charge < -0.3 is 14.8 Å². The second-order valence-electron chi connectivity index (χ2n) is 7.64. The van der Waals surface area contributed by atoms with E-state index < -0.39 is 21.8 Å². The van der Waals surface area contributed by atoms with E-state index in [9.17, 15) is 9.00 Å². The van der Waals surface area contributed by atoms with Gasteiger partial charge in [-0.1, -0.05) is 18.2 Å². The molecule has 2 aliphatic rings. The van der Waals surface area contributed by atoms with Crippen LogP contribution in [0.3, 0.4) is 0 Å². The molecule has 1 aromatic carbocycles. The molecule has 0 fully saturated rings. The van der Waals surface area contributed by atoms with Gasteiger partial charge in [-0.2, -0.15) is 5.10 Å². The van der Waals surface area contributed by atoms with Gasteiger partial charge in [0.1, 0.15) is 4.90 Å². The Morgan fingerprint density at radius 1 is 1.44 bits per heavy atom. The largest absolute Gasteiger partial charge is 0.479 e. The molecule has 0 bridgehead atoms. The van der Waals surface area contributed by atoms with E-state index >= 15 is 4.39 Å². The third-order valence-corrected chi connectivity index (χ3v) is 7.02. The zero-order valence-electron chi connectivity index (χ0n) is 18.8. The fraction of sp³-hybridized carbons (Fsp3) is 0.318. The lowest BCUT2D eigenvalue weighted by atomic mass is 9.83. The van der Waals surface area contributed by atoms with Crippen molar-refractivity contribution in [2.45, 2.75) is 37.6 Å². The summed E-state index contributed by atoms with van der Waals surface area (Å²) in [5.74, 6) is -0.779. The highest BCUT2D eigenvalue weighted by molar-refractivity contribution is 7.91. The first kappa shape index (κ1) is 23.6. The van der Waals surface area contributed by atoms with Crippen molar-refractivity contribution in [1.82, 2.24) is 9.78 Å². The number of urea groups is 1. The van der Waals surface area contributed by atoms with Crippen LogP contribution in [-0.4, -0.2) is 40.5 Å². The van der Waals surface area contributed by atoms with Crippen molar-refractivity contribution in [1.29, 1.82) is 0 Å². The van der Waals surface area contributed by atoms with Crippen LogP contribution >= 0.6 is 0 Å². The number of anilines is 1. The Kier molecular flexibility index (Phi) is 6.53. The molecule has 2 aromatic rings. The van der Waals surface area contributed by atoms with Crippen molar-refractivity contribution in [3.05, 3.63) is 52.8 Å². The number of carbonyl (C=O) groups is 1. The third kappa shape index (κ3) is 4.21. The normalized spacial score (nSPS) is 17.1. The molecule has 1 aliphatic carbocycles. The smallest absolute Gasteiger partial charge is 0.354 e. The van der Waals surface area contributed by atoms with Gasteiger partial charge in [0.2, 0.25) is 11.8 Å². The molecule has 2 amide bonds. The van der Waals surface area contributed by atoms with E-state index in [1.165, 1.54) is 24.1 Å². The molecule has 1 aromatic heterocycles. The first-order valence-corrected chi connectivity index (χ1v) is 12.1. The number of nitrogens with one attached hydrogen (secondary N) is 1. The minimum absolute atomic E-state index is 0.0496. The van der Waals surface area contributed by atoms with Crippen molar-refractivity contribution in [2.75, 3.05) is 19.0 Å². The van der Waals surface area contributed by atoms with Crippen LogP contribution in [0.1, 0.15) is 30.0 Å². The van der Waals surface area contributed by atoms with Gasteiger partial charge in [0, 0.05) is 24.1 Å². The van der Waals surface area contributed by atoms with Crippen LogP contribution in [0.15, 0.2) is 50.4 Å². The maximum atomic E-state index is 15.1. The summed E-state index contributed by atoms with van der Waals surface area (Å²) in [6, 6.07) is 2.63. The zero-order chi connectivity index (χ0) is 24.5. The molecule has 0 saturated heterocycles. The maximum absolute atomic E-state index is 15.1. The Morgan fingerprint density at radius 2 is 2.24 bits per heavy atom. The number of hydrogen-bond acceptors (Lipinski definition) is 6. The van der Waals surface area contributed by atoms with Gasteiger partial charge in [-0.15, -0.1) is 4.36 Å². The van der Waals surface area contributed by atoms with Gasteiger partial charge >= 0.3 is 6.03 Å². The maximum Gasteiger partial charge on any atom is 0.354 e. The fourth-order valence-corrected chi connectivity index (χ4v) is 4.95. The molecule has 1 aliphatic heterocycles. The molecule has 1 atom stereocenters. The summed E-state index contributed by atoms with van der Waals surface area (Å²) in [6.45, 7) is 5.99. The van der Waals surface area contributed by atoms with E-state index in [0.29, 0.717) is 30.8 Å². The second kappa shape index (κ2) is 9.39. The van der Waals surface area contributed by atoms with Crippen LogP contribution in [0.25, 0.3) is 5.57 Å². The number of aryl methyl sites for hydroxylation is 2. The van der Waals surface area contributed by atoms with Gasteiger partial charge in [-0.25, -0.2) is 28.2 Å². The number of hydrogen-bond donors (Lipinski definition) is 2. The molecule has 2 heterocycles. The van der Waals surface area contributed by atoms with Crippen LogP contribution in [0, 0.1) is 0 Å². The van der Waals surface area contributed by atoms with Crippen LogP contribution in [0.5, 0.6) is 5.88 Å². The summed E-state index contributed by atoms with van der Waals surface area (Å²) in [6.07, 6.45) is 5.09. The first-order chi connectivity index (χ1) is 16.3. The van der Waals surface area contributed by atoms with E-state index in [-0.39, 0.29) is 22.2 Å². The highest BCUT2D eigenvalue weighted by Gasteiger charge is 2.27. The van der Waals surface area contributed by atoms with Crippen molar-refractivity contribution >= 4 is 33.9 Å². The number of amides is 2. The number of rotatable bonds is 6. The average Bonchev–Trinajstić information content (AvgIpc) is 3.22. The molecule has 1 unspecified atom stereocenters. The van der Waals surface area contributed by atoms with Gasteiger partial charge in [0.25, 0.3) is 0 Å². The first-order valence-electron chi connectivity index (χ1n) is 10.6. The van der Waals surface area contributed by atoms with Crippen LogP contribution in [0.4, 0.5) is 14.9 Å². The van der Waals surface area contributed by atoms with E-state index in [1.807, 2.05) is 6.07 Å². The summed E-state index contributed by atoms with van der Waals surface area (Å²) < 4.78 is 44.0. The molecule has 3 N–H and O–H groups in total. The average molecular weight is 489 g/mol. The number of aromatic nitrogens is 2. The predicted octanol–water partition coefficient (Wildman–Crippen LogP) is 3.59. The number of ether oxygens (including phenoxy) is 2. The molecular formula is C22H25FN6O4S. The minimum atomic E-state index is -3.65. The number of nitrogens with two attached hydrogens (primary N) is 1. The molecule has 0 radical (unpaired) electrons. The summed E-state index contributed by atoms with van der Waals surface area (Å²) in [5.41, 5.74) is 2.77. The van der Waals surface area contributed by atoms with E-state index in [0.717, 1.165) is 24.0 Å². The standard InChI is InChI=1S/C22H25FN6O4S/c1-4-14(18(23)20(25-2)32-3)16-9-7-13-6-8-15(13)19(16)27-22(30)28-34(24,31)17-12-26-29-10-5-11-33-21(17)29/h4,7,9,12H,2,5-6,8,10-11H2,1,3H3,(H3,24,27,28,30,31)/b14-4-,20-18-. The molecule has 4 rings (SSSR count). The van der Waals surface area contributed by atoms with E-state index in [4.69, 9.17) is 14.6 Å². The summed E-state index contributed by atoms with van der Waals surface area (Å²) >= 11 is 0. The number of halogens is 1. The number of aliphatic imine (C=N–C) groups is 1. The highest BCUT2D eigenvalue weighted by Crippen LogP contribution is 2.40. The topological polar surface area (TPSA) is 133 Å². The number of benzene rings is 1. The second-order valence-corrected chi connectivity index (χ2v) is 9.40. The molecule has 10 nitrogen and oxygen atoms in total. The van der Waals surface area contributed by atoms with E-state index in [2.05, 4.69) is 26.5 Å². The van der Waals surface area contributed by atoms with Crippen molar-refractivity contribution < 1.29 is 22.9 Å². The monoisotopic (exact) mass is 488 g/mol. The number of fused-ring (bicyclic) bond motifs is 2. The summed E-state index contributed by atoms with van der Waals surface area (Å²) in [7, 11) is -2.36. The molecule has 12 heteroatoms. The molecule has 180 valence electrons. The van der Waals surface area contributed by atoms with Crippen LogP contribution < -0.4 is 15.2 Å². The number of methoxy groups -OCH3 is 1. The summed E-state index contributed by atoms with van der Waals surface area (Å²) in [4.78, 5) is 16.5. The fourth-order valence-electron chi connectivity index (χ4n) is 3.95. The molecule has 34 heavy (non-hydrogen) atoms. The third-order valence-electron chi connectivity index (χ3n) is 5.67. The van der Waals surface area contributed by atoms with E-state index in [1.54, 1.807) is 13.0 Å².